The number of likely N-dealkylation sites (tertiary alicyclic amines) is 1. The van der Waals surface area contributed by atoms with E-state index in [1.165, 1.54) is 6.42 Å². The van der Waals surface area contributed by atoms with Gasteiger partial charge in [-0.3, -0.25) is 4.79 Å². The summed E-state index contributed by atoms with van der Waals surface area (Å²) in [7, 11) is 0. The standard InChI is InChI=1S/C7H11N5O/c13-7(6-8-10-11-9-6)12-4-2-1-3-5-12/h1-5H2,(H,8,9,10,11). The first kappa shape index (κ1) is 8.15. The average Bonchev–Trinajstić information content (AvgIpc) is 2.71. The van der Waals surface area contributed by atoms with Gasteiger partial charge in [0.15, 0.2) is 0 Å². The molecule has 1 saturated heterocycles. The van der Waals surface area contributed by atoms with E-state index < -0.39 is 0 Å². The first-order valence-electron chi connectivity index (χ1n) is 4.40. The van der Waals surface area contributed by atoms with Gasteiger partial charge in [-0.05, 0) is 24.5 Å². The van der Waals surface area contributed by atoms with Gasteiger partial charge in [-0.1, -0.05) is 0 Å². The van der Waals surface area contributed by atoms with Gasteiger partial charge in [0.1, 0.15) is 0 Å². The number of aromatic nitrogens is 4. The summed E-state index contributed by atoms with van der Waals surface area (Å²) in [5, 5.41) is 12.9. The molecule has 6 heteroatoms. The second-order valence-electron chi connectivity index (χ2n) is 3.09. The molecule has 6 nitrogen and oxygen atoms in total. The Labute approximate surface area is 75.3 Å². The molecule has 0 bridgehead atoms. The minimum absolute atomic E-state index is 0.117. The molecule has 0 aromatic carbocycles. The van der Waals surface area contributed by atoms with Crippen LogP contribution in [0.25, 0.3) is 0 Å². The second kappa shape index (κ2) is 3.51. The van der Waals surface area contributed by atoms with E-state index >= 15 is 0 Å². The molecule has 70 valence electrons. The summed E-state index contributed by atoms with van der Waals surface area (Å²) in [6, 6.07) is 0. The first-order chi connectivity index (χ1) is 6.38. The SMILES string of the molecule is O=C(c1nn[nH]n1)N1CCCCC1. The topological polar surface area (TPSA) is 74.8 Å². The number of H-pyrrole nitrogens is 1. The van der Waals surface area contributed by atoms with Gasteiger partial charge < -0.3 is 4.90 Å². The second-order valence-corrected chi connectivity index (χ2v) is 3.09. The summed E-state index contributed by atoms with van der Waals surface area (Å²) in [6.45, 7) is 1.63. The molecule has 1 N–H and O–H groups in total. The Kier molecular flexibility index (Phi) is 2.20. The van der Waals surface area contributed by atoms with Crippen molar-refractivity contribution in [3.8, 4) is 0 Å². The van der Waals surface area contributed by atoms with Crippen molar-refractivity contribution in [2.24, 2.45) is 0 Å². The fraction of sp³-hybridized carbons (Fsp3) is 0.714. The fourth-order valence-electron chi connectivity index (χ4n) is 1.49. The zero-order valence-corrected chi connectivity index (χ0v) is 7.23. The molecule has 0 atom stereocenters. The summed E-state index contributed by atoms with van der Waals surface area (Å²) in [6.07, 6.45) is 3.35. The van der Waals surface area contributed by atoms with Crippen molar-refractivity contribution in [1.29, 1.82) is 0 Å². The number of aromatic amines is 1. The average molecular weight is 181 g/mol. The molecule has 1 fully saturated rings. The normalized spacial score (nSPS) is 17.4. The van der Waals surface area contributed by atoms with Crippen LogP contribution in [-0.2, 0) is 0 Å². The fourth-order valence-corrected chi connectivity index (χ4v) is 1.49. The van der Waals surface area contributed by atoms with Gasteiger partial charge in [0.25, 0.3) is 11.7 Å². The van der Waals surface area contributed by atoms with E-state index in [2.05, 4.69) is 20.6 Å². The van der Waals surface area contributed by atoms with E-state index in [0.29, 0.717) is 0 Å². The van der Waals surface area contributed by atoms with Crippen LogP contribution in [0.15, 0.2) is 0 Å². The quantitative estimate of drug-likeness (QED) is 0.652. The molecule has 1 aliphatic rings. The van der Waals surface area contributed by atoms with Gasteiger partial charge in [-0.15, -0.1) is 10.2 Å². The van der Waals surface area contributed by atoms with E-state index in [9.17, 15) is 4.79 Å². The lowest BCUT2D eigenvalue weighted by molar-refractivity contribution is 0.0712. The molecule has 1 aromatic heterocycles. The summed E-state index contributed by atoms with van der Waals surface area (Å²) in [4.78, 5) is 13.4. The molecule has 0 saturated carbocycles. The third kappa shape index (κ3) is 1.66. The van der Waals surface area contributed by atoms with Crippen LogP contribution in [0.4, 0.5) is 0 Å². The number of carbonyl (C=O) groups excluding carboxylic acids is 1. The summed E-state index contributed by atoms with van der Waals surface area (Å²) in [5.74, 6) is 0.0513. The van der Waals surface area contributed by atoms with Gasteiger partial charge in [0.2, 0.25) is 0 Å². The van der Waals surface area contributed by atoms with Gasteiger partial charge in [-0.25, -0.2) is 0 Å². The molecule has 2 heterocycles. The van der Waals surface area contributed by atoms with Crippen molar-refractivity contribution < 1.29 is 4.79 Å². The Hall–Kier alpha value is -1.46. The Morgan fingerprint density at radius 3 is 2.69 bits per heavy atom. The minimum atomic E-state index is -0.117. The number of rotatable bonds is 1. The molecular weight excluding hydrogens is 170 g/mol. The molecule has 13 heavy (non-hydrogen) atoms. The molecule has 2 rings (SSSR count). The first-order valence-corrected chi connectivity index (χ1v) is 4.40. The summed E-state index contributed by atoms with van der Waals surface area (Å²) >= 11 is 0. The van der Waals surface area contributed by atoms with Crippen LogP contribution in [-0.4, -0.2) is 44.5 Å². The van der Waals surface area contributed by atoms with Crippen LogP contribution < -0.4 is 0 Å². The highest BCUT2D eigenvalue weighted by Crippen LogP contribution is 2.10. The highest BCUT2D eigenvalue weighted by molar-refractivity contribution is 5.90. The van der Waals surface area contributed by atoms with E-state index in [4.69, 9.17) is 0 Å². The number of hydrogen-bond acceptors (Lipinski definition) is 4. The molecule has 0 spiro atoms. The van der Waals surface area contributed by atoms with Crippen LogP contribution in [0.1, 0.15) is 29.9 Å². The van der Waals surface area contributed by atoms with E-state index in [0.717, 1.165) is 25.9 Å². The largest absolute Gasteiger partial charge is 0.336 e. The maximum absolute atomic E-state index is 11.6. The number of hydrogen-bond donors (Lipinski definition) is 1. The Balaban J connectivity index is 2.04. The maximum Gasteiger partial charge on any atom is 0.295 e. The zero-order chi connectivity index (χ0) is 9.10. The summed E-state index contributed by atoms with van der Waals surface area (Å²) < 4.78 is 0. The molecular formula is C7H11N5O. The molecule has 1 aromatic rings. The summed E-state index contributed by atoms with van der Waals surface area (Å²) in [5.41, 5.74) is 0. The van der Waals surface area contributed by atoms with Crippen LogP contribution in [0, 0.1) is 0 Å². The van der Waals surface area contributed by atoms with E-state index in [-0.39, 0.29) is 11.7 Å². The third-order valence-corrected chi connectivity index (χ3v) is 2.18. The van der Waals surface area contributed by atoms with E-state index in [1.54, 1.807) is 4.90 Å². The lowest BCUT2D eigenvalue weighted by atomic mass is 10.1. The smallest absolute Gasteiger partial charge is 0.295 e. The van der Waals surface area contributed by atoms with Gasteiger partial charge in [0, 0.05) is 13.1 Å². The Morgan fingerprint density at radius 2 is 2.08 bits per heavy atom. The highest BCUT2D eigenvalue weighted by atomic mass is 16.2. The van der Waals surface area contributed by atoms with Gasteiger partial charge in [0.05, 0.1) is 0 Å². The number of piperidine rings is 1. The zero-order valence-electron chi connectivity index (χ0n) is 7.23. The van der Waals surface area contributed by atoms with Crippen molar-refractivity contribution in [3.05, 3.63) is 5.82 Å². The molecule has 0 unspecified atom stereocenters. The predicted molar refractivity (Wildman–Crippen MR) is 43.9 cm³/mol. The monoisotopic (exact) mass is 181 g/mol. The number of carbonyl (C=O) groups is 1. The van der Waals surface area contributed by atoms with Crippen molar-refractivity contribution in [3.63, 3.8) is 0 Å². The van der Waals surface area contributed by atoms with Crippen molar-refractivity contribution in [1.82, 2.24) is 25.5 Å². The number of amides is 1. The van der Waals surface area contributed by atoms with Crippen LogP contribution in [0.5, 0.6) is 0 Å². The highest BCUT2D eigenvalue weighted by Gasteiger charge is 2.20. The van der Waals surface area contributed by atoms with Crippen molar-refractivity contribution >= 4 is 5.91 Å². The van der Waals surface area contributed by atoms with Crippen LogP contribution in [0.2, 0.25) is 0 Å². The van der Waals surface area contributed by atoms with E-state index in [1.807, 2.05) is 0 Å². The third-order valence-electron chi connectivity index (χ3n) is 2.18. The lowest BCUT2D eigenvalue weighted by Gasteiger charge is -2.25. The predicted octanol–water partition coefficient (Wildman–Crippen LogP) is -0.174. The minimum Gasteiger partial charge on any atom is -0.336 e. The molecule has 0 radical (unpaired) electrons. The Morgan fingerprint density at radius 1 is 1.31 bits per heavy atom. The maximum atomic E-state index is 11.6. The lowest BCUT2D eigenvalue weighted by Crippen LogP contribution is -2.36. The number of nitrogens with one attached hydrogen (secondary N) is 1. The molecule has 0 aliphatic carbocycles. The van der Waals surface area contributed by atoms with Gasteiger partial charge in [-0.2, -0.15) is 5.21 Å². The number of tetrazole rings is 1. The number of nitrogens with zero attached hydrogens (tertiary/aromatic N) is 4. The molecule has 1 amide bonds. The molecule has 1 aliphatic heterocycles. The van der Waals surface area contributed by atoms with Crippen LogP contribution >= 0.6 is 0 Å². The Bertz CT molecular complexity index is 277. The van der Waals surface area contributed by atoms with Crippen molar-refractivity contribution in [2.75, 3.05) is 13.1 Å². The van der Waals surface area contributed by atoms with Crippen molar-refractivity contribution in [2.45, 2.75) is 19.3 Å². The van der Waals surface area contributed by atoms with Gasteiger partial charge >= 0.3 is 0 Å². The van der Waals surface area contributed by atoms with Crippen LogP contribution in [0.3, 0.4) is 0 Å².